The fourth-order valence-electron chi connectivity index (χ4n) is 4.50. The van der Waals surface area contributed by atoms with E-state index < -0.39 is 10.0 Å². The Kier molecular flexibility index (Phi) is 8.26. The maximum atomic E-state index is 12.7. The van der Waals surface area contributed by atoms with Crippen LogP contribution < -0.4 is 9.62 Å². The second kappa shape index (κ2) is 11.2. The zero-order chi connectivity index (χ0) is 25.0. The molecule has 0 radical (unpaired) electrons. The third-order valence-electron chi connectivity index (χ3n) is 6.26. The number of anilines is 1. The summed E-state index contributed by atoms with van der Waals surface area (Å²) in [6.07, 6.45) is 2.49. The summed E-state index contributed by atoms with van der Waals surface area (Å²) in [4.78, 5) is 5.73. The van der Waals surface area contributed by atoms with Crippen LogP contribution in [0.5, 0.6) is 0 Å². The van der Waals surface area contributed by atoms with Gasteiger partial charge in [0.1, 0.15) is 0 Å². The van der Waals surface area contributed by atoms with Gasteiger partial charge in [-0.3, -0.25) is 0 Å². The van der Waals surface area contributed by atoms with Gasteiger partial charge in [-0.05, 0) is 79.3 Å². The lowest BCUT2D eigenvalue weighted by molar-refractivity contribution is 0.343. The Morgan fingerprint density at radius 3 is 2.43 bits per heavy atom. The number of rotatable bonds is 7. The van der Waals surface area contributed by atoms with Gasteiger partial charge in [0.25, 0.3) is 0 Å². The zero-order valence-electron chi connectivity index (χ0n) is 18.8. The van der Waals surface area contributed by atoms with Crippen molar-refractivity contribution in [2.75, 3.05) is 18.0 Å². The summed E-state index contributed by atoms with van der Waals surface area (Å²) in [6.45, 7) is 8.17. The quantitative estimate of drug-likeness (QED) is 0.311. The van der Waals surface area contributed by atoms with Gasteiger partial charge in [0, 0.05) is 33.8 Å². The van der Waals surface area contributed by atoms with Crippen molar-refractivity contribution in [1.29, 1.82) is 0 Å². The summed E-state index contributed by atoms with van der Waals surface area (Å²) in [5, 5.41) is 1.90. The number of benzene rings is 3. The maximum absolute atomic E-state index is 12.7. The van der Waals surface area contributed by atoms with Crippen molar-refractivity contribution in [1.82, 2.24) is 4.72 Å². The largest absolute Gasteiger partial charge is 0.364 e. The maximum Gasteiger partial charge on any atom is 0.239 e. The van der Waals surface area contributed by atoms with Crippen molar-refractivity contribution in [3.8, 4) is 0 Å². The topological polar surface area (TPSA) is 53.8 Å². The van der Waals surface area contributed by atoms with Crippen molar-refractivity contribution in [2.45, 2.75) is 30.2 Å². The predicted molar refractivity (Wildman–Crippen MR) is 143 cm³/mol. The van der Waals surface area contributed by atoms with Crippen LogP contribution in [0.25, 0.3) is 4.85 Å². The highest BCUT2D eigenvalue weighted by Crippen LogP contribution is 2.41. The summed E-state index contributed by atoms with van der Waals surface area (Å²) < 4.78 is 28.1. The minimum Gasteiger partial charge on any atom is -0.364 e. The normalized spacial score (nSPS) is 18.3. The van der Waals surface area contributed by atoms with Crippen LogP contribution in [0.4, 0.5) is 11.4 Å². The van der Waals surface area contributed by atoms with E-state index in [-0.39, 0.29) is 16.9 Å². The monoisotopic (exact) mass is 547 g/mol. The first-order valence-corrected chi connectivity index (χ1v) is 13.8. The van der Waals surface area contributed by atoms with Gasteiger partial charge < -0.3 is 4.90 Å². The zero-order valence-corrected chi connectivity index (χ0v) is 21.9. The first-order chi connectivity index (χ1) is 16.8. The highest BCUT2D eigenvalue weighted by Gasteiger charge is 2.31. The van der Waals surface area contributed by atoms with E-state index >= 15 is 0 Å². The number of halogens is 3. The van der Waals surface area contributed by atoms with E-state index in [2.05, 4.69) is 14.5 Å². The predicted octanol–water partition coefficient (Wildman–Crippen LogP) is 7.52. The Bertz CT molecular complexity index is 1340. The van der Waals surface area contributed by atoms with Gasteiger partial charge in [-0.1, -0.05) is 53.0 Å². The van der Waals surface area contributed by atoms with Gasteiger partial charge in [-0.15, -0.1) is 0 Å². The Morgan fingerprint density at radius 2 is 1.71 bits per heavy atom. The highest BCUT2D eigenvalue weighted by atomic mass is 35.5. The first kappa shape index (κ1) is 25.8. The van der Waals surface area contributed by atoms with E-state index in [9.17, 15) is 8.42 Å². The lowest BCUT2D eigenvalue weighted by atomic mass is 9.86. The van der Waals surface area contributed by atoms with E-state index in [4.69, 9.17) is 41.4 Å². The van der Waals surface area contributed by atoms with Gasteiger partial charge in [0.05, 0.1) is 17.5 Å². The minimum absolute atomic E-state index is 0.0743. The SMILES string of the molecule is [C-]#[N+]c1cccc(S(=O)(=O)NCC[C@@H]2CC[C@@H](c3ccc(Cl)cc3Cl)N(c3ccc(Cl)cc3)C2)c1. The van der Waals surface area contributed by atoms with Crippen LogP contribution in [0.2, 0.25) is 15.1 Å². The molecule has 1 aliphatic heterocycles. The van der Waals surface area contributed by atoms with Gasteiger partial charge >= 0.3 is 0 Å². The number of hydrogen-bond acceptors (Lipinski definition) is 3. The Balaban J connectivity index is 1.48. The minimum atomic E-state index is -3.68. The van der Waals surface area contributed by atoms with Crippen LogP contribution in [0, 0.1) is 12.5 Å². The van der Waals surface area contributed by atoms with E-state index in [0.29, 0.717) is 33.7 Å². The third kappa shape index (κ3) is 6.30. The summed E-state index contributed by atoms with van der Waals surface area (Å²) in [5.41, 5.74) is 2.35. The second-order valence-electron chi connectivity index (χ2n) is 8.55. The summed E-state index contributed by atoms with van der Waals surface area (Å²) in [5.74, 6) is 0.283. The van der Waals surface area contributed by atoms with Gasteiger partial charge in [-0.25, -0.2) is 18.0 Å². The van der Waals surface area contributed by atoms with Gasteiger partial charge in [0.2, 0.25) is 10.0 Å². The van der Waals surface area contributed by atoms with E-state index in [1.165, 1.54) is 12.1 Å². The molecule has 35 heavy (non-hydrogen) atoms. The smallest absolute Gasteiger partial charge is 0.239 e. The van der Waals surface area contributed by atoms with Gasteiger partial charge in [-0.2, -0.15) is 0 Å². The van der Waals surface area contributed by atoms with Crippen LogP contribution in [-0.2, 0) is 10.0 Å². The standard InChI is InChI=1S/C26H24Cl3N3O2S/c1-30-21-3-2-4-23(16-21)35(33,34)31-14-13-18-5-12-26(24-11-8-20(28)15-25(24)29)32(17-18)22-9-6-19(27)7-10-22/h2-4,6-11,15-16,18,26,31H,5,12-14,17H2/t18-,26-/m0/s1. The Hall–Kier alpha value is -2.27. The van der Waals surface area contributed by atoms with Crippen molar-refractivity contribution < 1.29 is 8.42 Å². The van der Waals surface area contributed by atoms with Crippen LogP contribution >= 0.6 is 34.8 Å². The molecule has 1 heterocycles. The molecule has 4 rings (SSSR count). The van der Waals surface area contributed by atoms with Crippen molar-refractivity contribution >= 4 is 56.2 Å². The molecule has 0 unspecified atom stereocenters. The molecule has 1 aliphatic rings. The van der Waals surface area contributed by atoms with Crippen LogP contribution in [0.1, 0.15) is 30.9 Å². The highest BCUT2D eigenvalue weighted by molar-refractivity contribution is 7.89. The Labute approximate surface area is 221 Å². The fraction of sp³-hybridized carbons (Fsp3) is 0.269. The van der Waals surface area contributed by atoms with E-state index in [0.717, 1.165) is 30.6 Å². The summed E-state index contributed by atoms with van der Waals surface area (Å²) in [7, 11) is -3.68. The molecule has 1 saturated heterocycles. The van der Waals surface area contributed by atoms with Crippen molar-refractivity contribution in [3.63, 3.8) is 0 Å². The molecule has 0 bridgehead atoms. The summed E-state index contributed by atoms with van der Waals surface area (Å²) >= 11 is 18.8. The first-order valence-electron chi connectivity index (χ1n) is 11.2. The molecule has 0 saturated carbocycles. The average Bonchev–Trinajstić information content (AvgIpc) is 2.85. The fourth-order valence-corrected chi connectivity index (χ4v) is 6.24. The molecule has 0 aromatic heterocycles. The molecule has 182 valence electrons. The number of sulfonamides is 1. The molecular formula is C26H24Cl3N3O2S. The van der Waals surface area contributed by atoms with Gasteiger partial charge in [0.15, 0.2) is 5.69 Å². The molecule has 3 aromatic rings. The molecule has 0 aliphatic carbocycles. The average molecular weight is 549 g/mol. The lowest BCUT2D eigenvalue weighted by Crippen LogP contribution is -2.39. The van der Waals surface area contributed by atoms with E-state index in [1.54, 1.807) is 18.2 Å². The molecule has 0 amide bonds. The van der Waals surface area contributed by atoms with Crippen LogP contribution in [0.15, 0.2) is 71.6 Å². The summed E-state index contributed by atoms with van der Waals surface area (Å²) in [6, 6.07) is 19.4. The van der Waals surface area contributed by atoms with Crippen LogP contribution in [-0.4, -0.2) is 21.5 Å². The molecule has 3 aromatic carbocycles. The van der Waals surface area contributed by atoms with Crippen molar-refractivity contribution in [2.24, 2.45) is 5.92 Å². The Morgan fingerprint density at radius 1 is 0.971 bits per heavy atom. The molecule has 0 spiro atoms. The lowest BCUT2D eigenvalue weighted by Gasteiger charge is -2.42. The van der Waals surface area contributed by atoms with Crippen molar-refractivity contribution in [3.05, 3.63) is 98.8 Å². The molecule has 9 heteroatoms. The second-order valence-corrected chi connectivity index (χ2v) is 11.6. The third-order valence-corrected chi connectivity index (χ3v) is 8.53. The number of hydrogen-bond donors (Lipinski definition) is 1. The number of nitrogens with one attached hydrogen (secondary N) is 1. The number of nitrogens with zero attached hydrogens (tertiary/aromatic N) is 2. The molecule has 2 atom stereocenters. The molecule has 1 N–H and O–H groups in total. The number of piperidine rings is 1. The van der Waals surface area contributed by atoms with Crippen LogP contribution in [0.3, 0.4) is 0 Å². The molecule has 1 fully saturated rings. The molecule has 5 nitrogen and oxygen atoms in total. The van der Waals surface area contributed by atoms with E-state index in [1.807, 2.05) is 36.4 Å². The molecular weight excluding hydrogens is 525 g/mol.